The van der Waals surface area contributed by atoms with E-state index in [1.165, 1.54) is 14.7 Å². The van der Waals surface area contributed by atoms with Crippen LogP contribution in [0.15, 0.2) is 0 Å². The quantitative estimate of drug-likeness (QED) is 0.235. The molecular weight excluding hydrogens is 253 g/mol. The van der Waals surface area contributed by atoms with Gasteiger partial charge in [-0.3, -0.25) is 4.79 Å². The predicted molar refractivity (Wildman–Crippen MR) is 72.7 cm³/mol. The summed E-state index contributed by atoms with van der Waals surface area (Å²) in [6, 6.07) is 0. The van der Waals surface area contributed by atoms with E-state index >= 15 is 0 Å². The summed E-state index contributed by atoms with van der Waals surface area (Å²) >= 11 is 5.05. The fourth-order valence-electron chi connectivity index (χ4n) is 2.05. The fourth-order valence-corrected chi connectivity index (χ4v) is 2.19. The predicted octanol–water partition coefficient (Wildman–Crippen LogP) is 0.0267. The molecule has 6 nitrogen and oxygen atoms in total. The molecule has 1 saturated carbocycles. The normalized spacial score (nSPS) is 23.2. The molecule has 1 rings (SSSR count). The lowest BCUT2D eigenvalue weighted by Crippen LogP contribution is -2.47. The van der Waals surface area contributed by atoms with Gasteiger partial charge >= 0.3 is 13.6 Å². The monoisotopic (exact) mass is 272 g/mol. The van der Waals surface area contributed by atoms with Gasteiger partial charge in [-0.1, -0.05) is 0 Å². The van der Waals surface area contributed by atoms with Gasteiger partial charge in [0.05, 0.1) is 5.92 Å². The van der Waals surface area contributed by atoms with Gasteiger partial charge in [0.25, 0.3) is 0 Å². The van der Waals surface area contributed by atoms with Crippen LogP contribution in [0.2, 0.25) is 0 Å². The van der Waals surface area contributed by atoms with Crippen molar-refractivity contribution in [2.24, 2.45) is 11.8 Å². The van der Waals surface area contributed by atoms with Crippen LogP contribution in [-0.4, -0.2) is 37.5 Å². The van der Waals surface area contributed by atoms with Crippen molar-refractivity contribution >= 4 is 30.9 Å². The Bertz CT molecular complexity index is 286. The molecule has 0 spiro atoms. The van der Waals surface area contributed by atoms with E-state index in [2.05, 4.69) is 20.7 Å². The number of hydrogen-bond acceptors (Lipinski definition) is 4. The smallest absolute Gasteiger partial charge is 0.415 e. The van der Waals surface area contributed by atoms with Gasteiger partial charge in [0.15, 0.2) is 5.11 Å². The molecule has 0 atom stereocenters. The van der Waals surface area contributed by atoms with Crippen molar-refractivity contribution in [3.63, 3.8) is 0 Å². The number of rotatable bonds is 6. The molecule has 0 aliphatic heterocycles. The zero-order valence-corrected chi connectivity index (χ0v) is 11.3. The maximum atomic E-state index is 10.8. The van der Waals surface area contributed by atoms with Crippen LogP contribution in [0.1, 0.15) is 25.7 Å². The maximum absolute atomic E-state index is 10.8. The first-order valence-corrected chi connectivity index (χ1v) is 6.41. The van der Waals surface area contributed by atoms with Crippen molar-refractivity contribution in [2.45, 2.75) is 25.7 Å². The molecule has 0 amide bonds. The average Bonchev–Trinajstić information content (AvgIpc) is 2.37. The molecule has 4 N–H and O–H groups in total. The highest BCUT2D eigenvalue weighted by Crippen LogP contribution is 2.28. The van der Waals surface area contributed by atoms with E-state index in [9.17, 15) is 4.79 Å². The Morgan fingerprint density at radius 1 is 1.44 bits per heavy atom. The summed E-state index contributed by atoms with van der Waals surface area (Å²) in [5.41, 5.74) is 2.75. The third kappa shape index (κ3) is 5.66. The Labute approximate surface area is 113 Å². The van der Waals surface area contributed by atoms with Crippen molar-refractivity contribution in [2.75, 3.05) is 13.7 Å². The zero-order valence-electron chi connectivity index (χ0n) is 10.4. The highest BCUT2D eigenvalue weighted by molar-refractivity contribution is 7.80. The first-order valence-electron chi connectivity index (χ1n) is 6.00. The lowest BCUT2D eigenvalue weighted by Gasteiger charge is -2.26. The molecule has 1 aliphatic carbocycles. The first-order chi connectivity index (χ1) is 8.63. The van der Waals surface area contributed by atoms with Crippen molar-refractivity contribution in [1.29, 1.82) is 0 Å². The van der Waals surface area contributed by atoms with Gasteiger partial charge < -0.3 is 20.5 Å². The topological polar surface area (TPSA) is 82.6 Å². The Kier molecular flexibility index (Phi) is 7.00. The number of nitrogens with one attached hydrogen (secondary N) is 3. The molecule has 18 heavy (non-hydrogen) atoms. The van der Waals surface area contributed by atoms with Crippen LogP contribution in [0.25, 0.3) is 0 Å². The summed E-state index contributed by atoms with van der Waals surface area (Å²) in [6.07, 6.45) is 3.39. The molecule has 0 saturated heterocycles. The van der Waals surface area contributed by atoms with Crippen molar-refractivity contribution in [1.82, 2.24) is 16.1 Å². The summed E-state index contributed by atoms with van der Waals surface area (Å²) in [5, 5.41) is 15.2. The van der Waals surface area contributed by atoms with Crippen molar-refractivity contribution in [3.8, 4) is 0 Å². The van der Waals surface area contributed by atoms with Crippen LogP contribution >= 0.6 is 12.2 Å². The van der Waals surface area contributed by atoms with E-state index in [1.54, 1.807) is 0 Å². The highest BCUT2D eigenvalue weighted by atomic mass is 32.1. The van der Waals surface area contributed by atoms with E-state index in [1.807, 2.05) is 0 Å². The summed E-state index contributed by atoms with van der Waals surface area (Å²) in [4.78, 5) is 10.8. The van der Waals surface area contributed by atoms with E-state index in [-0.39, 0.29) is 5.92 Å². The summed E-state index contributed by atoms with van der Waals surface area (Å²) in [7, 11) is 2.91. The molecule has 0 aromatic heterocycles. The van der Waals surface area contributed by atoms with Crippen LogP contribution in [0.5, 0.6) is 0 Å². The summed E-state index contributed by atoms with van der Waals surface area (Å²) in [5.74, 6) is -0.339. The van der Waals surface area contributed by atoms with Gasteiger partial charge in [-0.15, -0.1) is 0 Å². The maximum Gasteiger partial charge on any atom is 0.415 e. The molecule has 0 aromatic carbocycles. The second-order valence-electron chi connectivity index (χ2n) is 4.39. The highest BCUT2D eigenvalue weighted by Gasteiger charge is 2.25. The third-order valence-electron chi connectivity index (χ3n) is 3.11. The Hall–Kier alpha value is -0.855. The van der Waals surface area contributed by atoms with Crippen LogP contribution in [0.4, 0.5) is 0 Å². The minimum absolute atomic E-state index is 0.163. The number of hydrazine groups is 1. The van der Waals surface area contributed by atoms with Crippen molar-refractivity contribution < 1.29 is 14.6 Å². The van der Waals surface area contributed by atoms with Gasteiger partial charge in [-0.05, 0) is 43.8 Å². The lowest BCUT2D eigenvalue weighted by molar-refractivity contribution is -0.143. The van der Waals surface area contributed by atoms with Crippen molar-refractivity contribution in [3.05, 3.63) is 0 Å². The molecule has 0 aromatic rings. The van der Waals surface area contributed by atoms with Gasteiger partial charge in [-0.2, -0.15) is 0 Å². The van der Waals surface area contributed by atoms with E-state index in [4.69, 9.17) is 17.3 Å². The number of carboxylic acid groups (broad SMARTS) is 1. The Balaban J connectivity index is 2.10. The SMILES string of the molecule is CO[B]NNC(=S)NCC1CCC(C(=O)O)CC1. The largest absolute Gasteiger partial charge is 0.481 e. The first kappa shape index (κ1) is 15.2. The van der Waals surface area contributed by atoms with Gasteiger partial charge in [0, 0.05) is 13.7 Å². The minimum Gasteiger partial charge on any atom is -0.481 e. The number of hydrogen-bond donors (Lipinski definition) is 4. The van der Waals surface area contributed by atoms with Gasteiger partial charge in [0.1, 0.15) is 0 Å². The molecule has 101 valence electrons. The number of aliphatic carboxylic acids is 1. The molecule has 1 radical (unpaired) electrons. The molecule has 8 heteroatoms. The van der Waals surface area contributed by atoms with Crippen LogP contribution in [0.3, 0.4) is 0 Å². The standard InChI is InChI=1S/C10H19BN3O3S/c1-17-11-14-13-10(18)12-6-7-2-4-8(5-3-7)9(15)16/h7-8,14H,2-6H2,1H3,(H,15,16)(H2,12,13,18). The van der Waals surface area contributed by atoms with Crippen LogP contribution < -0.4 is 16.1 Å². The van der Waals surface area contributed by atoms with Crippen LogP contribution in [0, 0.1) is 11.8 Å². The Morgan fingerprint density at radius 3 is 2.67 bits per heavy atom. The second-order valence-corrected chi connectivity index (χ2v) is 4.80. The van der Waals surface area contributed by atoms with Gasteiger partial charge in [0.2, 0.25) is 0 Å². The summed E-state index contributed by atoms with van der Waals surface area (Å²) in [6.45, 7) is 0.771. The Morgan fingerprint density at radius 2 is 2.11 bits per heavy atom. The molecule has 0 bridgehead atoms. The average molecular weight is 272 g/mol. The molecular formula is C10H19BN3O3S. The van der Waals surface area contributed by atoms with E-state index < -0.39 is 5.97 Å². The number of thiocarbonyl (C=S) groups is 1. The third-order valence-corrected chi connectivity index (χ3v) is 3.36. The minimum atomic E-state index is -0.669. The van der Waals surface area contributed by atoms with Gasteiger partial charge in [-0.25, -0.2) is 5.34 Å². The summed E-state index contributed by atoms with van der Waals surface area (Å²) < 4.78 is 4.68. The number of carboxylic acids is 1. The zero-order chi connectivity index (χ0) is 13.4. The fraction of sp³-hybridized carbons (Fsp3) is 0.800. The molecule has 1 aliphatic rings. The second kappa shape index (κ2) is 8.28. The van der Waals surface area contributed by atoms with E-state index in [0.717, 1.165) is 32.2 Å². The van der Waals surface area contributed by atoms with Crippen LogP contribution in [-0.2, 0) is 9.45 Å². The molecule has 1 fully saturated rings. The molecule has 0 unspecified atom stereocenters. The lowest BCUT2D eigenvalue weighted by atomic mass is 9.82. The molecule has 0 heterocycles. The van der Waals surface area contributed by atoms with E-state index in [0.29, 0.717) is 11.0 Å². The number of carbonyl (C=O) groups is 1.